The average molecular weight is 384 g/mol. The van der Waals surface area contributed by atoms with Crippen LogP contribution in [0.3, 0.4) is 0 Å². The van der Waals surface area contributed by atoms with Gasteiger partial charge in [-0.05, 0) is 35.7 Å². The molecule has 124 valence electrons. The third kappa shape index (κ3) is 4.22. The zero-order valence-electron chi connectivity index (χ0n) is 12.0. The molecule has 0 aliphatic carbocycles. The van der Waals surface area contributed by atoms with Crippen LogP contribution in [0, 0.1) is 6.92 Å². The predicted molar refractivity (Wildman–Crippen MR) is 76.3 cm³/mol. The lowest BCUT2D eigenvalue weighted by Crippen LogP contribution is -2.32. The van der Waals surface area contributed by atoms with Crippen LogP contribution in [0.4, 0.5) is 13.2 Å². The van der Waals surface area contributed by atoms with E-state index in [1.807, 2.05) is 0 Å². The fraction of sp³-hybridized carbons (Fsp3) is 0.692. The van der Waals surface area contributed by atoms with Crippen LogP contribution in [0.15, 0.2) is 4.47 Å². The maximum Gasteiger partial charge on any atom is 0.436 e. The van der Waals surface area contributed by atoms with Gasteiger partial charge in [0.05, 0.1) is 22.8 Å². The Labute approximate surface area is 134 Å². The highest BCUT2D eigenvalue weighted by Crippen LogP contribution is 2.35. The topological polar surface area (TPSA) is 56.2 Å². The van der Waals surface area contributed by atoms with Gasteiger partial charge < -0.3 is 10.1 Å². The van der Waals surface area contributed by atoms with Crippen LogP contribution in [0.25, 0.3) is 0 Å². The minimum Gasteiger partial charge on any atom is -0.376 e. The summed E-state index contributed by atoms with van der Waals surface area (Å²) in [5, 5.41) is 6.26. The summed E-state index contributed by atoms with van der Waals surface area (Å²) in [6.07, 6.45) is -2.50. The number of amides is 1. The number of hydrogen-bond acceptors (Lipinski definition) is 3. The normalized spacial score (nSPS) is 18.7. The lowest BCUT2D eigenvalue weighted by Gasteiger charge is -2.11. The molecule has 1 N–H and O–H groups in total. The number of ether oxygens (including phenoxy) is 1. The van der Waals surface area contributed by atoms with Crippen molar-refractivity contribution in [3.63, 3.8) is 0 Å². The van der Waals surface area contributed by atoms with Crippen molar-refractivity contribution in [1.29, 1.82) is 0 Å². The summed E-state index contributed by atoms with van der Waals surface area (Å²) in [5.74, 6) is -0.227. The molecule has 1 amide bonds. The van der Waals surface area contributed by atoms with Gasteiger partial charge in [-0.25, -0.2) is 0 Å². The molecule has 1 atom stereocenters. The summed E-state index contributed by atoms with van der Waals surface area (Å²) < 4.78 is 44.7. The van der Waals surface area contributed by atoms with Crippen molar-refractivity contribution in [2.75, 3.05) is 13.2 Å². The van der Waals surface area contributed by atoms with Gasteiger partial charge >= 0.3 is 6.18 Å². The lowest BCUT2D eigenvalue weighted by atomic mass is 10.2. The number of carbonyl (C=O) groups excluding carboxylic acids is 1. The standard InChI is InChI=1S/C13H17BrF3N3O2/c1-8-11(14)12(13(15,16)17)19-20(8)5-4-10(21)18-7-9-3-2-6-22-9/h9H,2-7H2,1H3,(H,18,21)/t9-/m1/s1. The van der Waals surface area contributed by atoms with E-state index in [0.717, 1.165) is 12.8 Å². The molecule has 1 aliphatic rings. The van der Waals surface area contributed by atoms with E-state index in [-0.39, 0.29) is 29.4 Å². The second kappa shape index (κ2) is 6.99. The number of hydrogen-bond donors (Lipinski definition) is 1. The van der Waals surface area contributed by atoms with Gasteiger partial charge in [-0.2, -0.15) is 18.3 Å². The van der Waals surface area contributed by atoms with Crippen LogP contribution in [0.1, 0.15) is 30.7 Å². The monoisotopic (exact) mass is 383 g/mol. The molecule has 0 unspecified atom stereocenters. The number of aryl methyl sites for hydroxylation is 1. The van der Waals surface area contributed by atoms with Crippen LogP contribution in [-0.2, 0) is 22.3 Å². The van der Waals surface area contributed by atoms with Gasteiger partial charge in [0.2, 0.25) is 5.91 Å². The molecule has 1 aliphatic heterocycles. The molecule has 1 aromatic heterocycles. The first-order chi connectivity index (χ1) is 10.3. The van der Waals surface area contributed by atoms with E-state index in [1.54, 1.807) is 0 Å². The molecule has 2 heterocycles. The Morgan fingerprint density at radius 1 is 1.55 bits per heavy atom. The number of nitrogens with zero attached hydrogens (tertiary/aromatic N) is 2. The smallest absolute Gasteiger partial charge is 0.376 e. The summed E-state index contributed by atoms with van der Waals surface area (Å²) in [6.45, 7) is 2.77. The van der Waals surface area contributed by atoms with Gasteiger partial charge in [-0.1, -0.05) is 0 Å². The molecule has 1 fully saturated rings. The molecule has 5 nitrogen and oxygen atoms in total. The van der Waals surface area contributed by atoms with Crippen molar-refractivity contribution in [2.45, 2.75) is 45.0 Å². The summed E-state index contributed by atoms with van der Waals surface area (Å²) >= 11 is 2.90. The van der Waals surface area contributed by atoms with Gasteiger partial charge in [-0.3, -0.25) is 9.48 Å². The first-order valence-corrected chi connectivity index (χ1v) is 7.76. The Morgan fingerprint density at radius 3 is 2.82 bits per heavy atom. The number of nitrogens with one attached hydrogen (secondary N) is 1. The third-order valence-electron chi connectivity index (χ3n) is 3.50. The molecule has 0 saturated carbocycles. The molecule has 2 rings (SSSR count). The number of rotatable bonds is 5. The minimum atomic E-state index is -4.52. The van der Waals surface area contributed by atoms with Crippen molar-refractivity contribution in [1.82, 2.24) is 15.1 Å². The van der Waals surface area contributed by atoms with Crippen molar-refractivity contribution in [3.05, 3.63) is 15.9 Å². The summed E-state index contributed by atoms with van der Waals surface area (Å²) in [5.41, 5.74) is -0.621. The Kier molecular flexibility index (Phi) is 5.49. The van der Waals surface area contributed by atoms with Crippen LogP contribution >= 0.6 is 15.9 Å². The zero-order chi connectivity index (χ0) is 16.3. The second-order valence-electron chi connectivity index (χ2n) is 5.16. The molecular weight excluding hydrogens is 367 g/mol. The fourth-order valence-electron chi connectivity index (χ4n) is 2.25. The highest BCUT2D eigenvalue weighted by Gasteiger charge is 2.37. The van der Waals surface area contributed by atoms with Gasteiger partial charge in [-0.15, -0.1) is 0 Å². The highest BCUT2D eigenvalue weighted by molar-refractivity contribution is 9.10. The van der Waals surface area contributed by atoms with Crippen molar-refractivity contribution in [2.24, 2.45) is 0 Å². The minimum absolute atomic E-state index is 0.0429. The van der Waals surface area contributed by atoms with Crippen LogP contribution in [-0.4, -0.2) is 34.9 Å². The molecule has 9 heteroatoms. The molecular formula is C13H17BrF3N3O2. The van der Waals surface area contributed by atoms with Crippen molar-refractivity contribution >= 4 is 21.8 Å². The van der Waals surface area contributed by atoms with E-state index in [2.05, 4.69) is 26.3 Å². The van der Waals surface area contributed by atoms with E-state index in [1.165, 1.54) is 11.6 Å². The van der Waals surface area contributed by atoms with Crippen molar-refractivity contribution in [3.8, 4) is 0 Å². The maximum absolute atomic E-state index is 12.7. The van der Waals surface area contributed by atoms with E-state index in [4.69, 9.17) is 4.74 Å². The third-order valence-corrected chi connectivity index (χ3v) is 4.45. The fourth-order valence-corrected chi connectivity index (χ4v) is 2.76. The maximum atomic E-state index is 12.7. The molecule has 0 radical (unpaired) electrons. The molecule has 0 bridgehead atoms. The van der Waals surface area contributed by atoms with Crippen LogP contribution < -0.4 is 5.32 Å². The Bertz CT molecular complexity index is 539. The number of alkyl halides is 3. The molecule has 1 aromatic rings. The quantitative estimate of drug-likeness (QED) is 0.850. The average Bonchev–Trinajstić information content (AvgIpc) is 3.04. The Balaban J connectivity index is 1.87. The number of carbonyl (C=O) groups is 1. The number of halogens is 4. The van der Waals surface area contributed by atoms with Gasteiger partial charge in [0.25, 0.3) is 0 Å². The SMILES string of the molecule is Cc1c(Br)c(C(F)(F)F)nn1CCC(=O)NC[C@H]1CCCO1. The zero-order valence-corrected chi connectivity index (χ0v) is 13.6. The number of aromatic nitrogens is 2. The predicted octanol–water partition coefficient (Wildman–Crippen LogP) is 2.66. The molecule has 0 spiro atoms. The summed E-state index contributed by atoms with van der Waals surface area (Å²) in [7, 11) is 0. The van der Waals surface area contributed by atoms with E-state index >= 15 is 0 Å². The lowest BCUT2D eigenvalue weighted by molar-refractivity contribution is -0.142. The largest absolute Gasteiger partial charge is 0.436 e. The van der Waals surface area contributed by atoms with Gasteiger partial charge in [0.1, 0.15) is 0 Å². The van der Waals surface area contributed by atoms with E-state index in [0.29, 0.717) is 18.8 Å². The Morgan fingerprint density at radius 2 is 2.27 bits per heavy atom. The molecule has 0 aromatic carbocycles. The first-order valence-electron chi connectivity index (χ1n) is 6.97. The first kappa shape index (κ1) is 17.3. The van der Waals surface area contributed by atoms with Crippen molar-refractivity contribution < 1.29 is 22.7 Å². The molecule has 22 heavy (non-hydrogen) atoms. The van der Waals surface area contributed by atoms with E-state index in [9.17, 15) is 18.0 Å². The van der Waals surface area contributed by atoms with Crippen LogP contribution in [0.5, 0.6) is 0 Å². The summed E-state index contributed by atoms with van der Waals surface area (Å²) in [4.78, 5) is 11.7. The van der Waals surface area contributed by atoms with Gasteiger partial charge in [0.15, 0.2) is 5.69 Å². The van der Waals surface area contributed by atoms with E-state index < -0.39 is 11.9 Å². The molecule has 1 saturated heterocycles. The Hall–Kier alpha value is -1.09. The van der Waals surface area contributed by atoms with Gasteiger partial charge in [0, 0.05) is 19.6 Å². The highest BCUT2D eigenvalue weighted by atomic mass is 79.9. The summed E-state index contributed by atoms with van der Waals surface area (Å²) in [6, 6.07) is 0. The van der Waals surface area contributed by atoms with Crippen LogP contribution in [0.2, 0.25) is 0 Å². The second-order valence-corrected chi connectivity index (χ2v) is 5.95.